The third kappa shape index (κ3) is 3.88. The second kappa shape index (κ2) is 6.43. The van der Waals surface area contributed by atoms with E-state index in [-0.39, 0.29) is 11.9 Å². The molecule has 2 nitrogen and oxygen atoms in total. The first-order valence-corrected chi connectivity index (χ1v) is 6.25. The first kappa shape index (κ1) is 13.8. The van der Waals surface area contributed by atoms with Crippen molar-refractivity contribution < 1.29 is 4.79 Å². The Bertz CT molecular complexity index is 447. The number of nitrogens with zero attached hydrogens (tertiary/aromatic N) is 1. The summed E-state index contributed by atoms with van der Waals surface area (Å²) in [6, 6.07) is 8.04. The van der Waals surface area contributed by atoms with Gasteiger partial charge in [-0.2, -0.15) is 0 Å². The molecule has 0 bridgehead atoms. The maximum atomic E-state index is 11.9. The van der Waals surface area contributed by atoms with E-state index in [4.69, 9.17) is 0 Å². The Kier molecular flexibility index (Phi) is 5.20. The molecule has 3 heteroatoms. The fraction of sp³-hybridized carbons (Fsp3) is 0.286. The molecule has 1 amide bonds. The van der Waals surface area contributed by atoms with Gasteiger partial charge in [0.15, 0.2) is 0 Å². The van der Waals surface area contributed by atoms with Crippen molar-refractivity contribution in [3.8, 4) is 0 Å². The highest BCUT2D eigenvalue weighted by Crippen LogP contribution is 2.19. The van der Waals surface area contributed by atoms with Gasteiger partial charge in [-0.1, -0.05) is 40.7 Å². The Hall–Kier alpha value is -1.31. The van der Waals surface area contributed by atoms with Crippen molar-refractivity contribution in [1.29, 1.82) is 0 Å². The number of rotatable bonds is 4. The molecule has 0 saturated carbocycles. The summed E-state index contributed by atoms with van der Waals surface area (Å²) in [7, 11) is 0. The van der Waals surface area contributed by atoms with Gasteiger partial charge < -0.3 is 4.90 Å². The largest absolute Gasteiger partial charge is 0.332 e. The van der Waals surface area contributed by atoms with Crippen LogP contribution in [0.5, 0.6) is 0 Å². The Labute approximate surface area is 111 Å². The second-order valence-electron chi connectivity index (χ2n) is 4.00. The van der Waals surface area contributed by atoms with Crippen molar-refractivity contribution in [3.63, 3.8) is 0 Å². The van der Waals surface area contributed by atoms with E-state index in [0.29, 0.717) is 6.54 Å². The zero-order chi connectivity index (χ0) is 12.8. The summed E-state index contributed by atoms with van der Waals surface area (Å²) in [4.78, 5) is 13.6. The summed E-state index contributed by atoms with van der Waals surface area (Å²) in [5, 5.41) is 0. The van der Waals surface area contributed by atoms with Gasteiger partial charge in [0.2, 0.25) is 0 Å². The van der Waals surface area contributed by atoms with Crippen LogP contribution in [0, 0.1) is 0 Å². The van der Waals surface area contributed by atoms with E-state index in [0.717, 1.165) is 10.0 Å². The van der Waals surface area contributed by atoms with Gasteiger partial charge in [0.05, 0.1) is 0 Å². The van der Waals surface area contributed by atoms with Gasteiger partial charge in [-0.25, -0.2) is 0 Å². The van der Waals surface area contributed by atoms with Crippen LogP contribution in [0.25, 0.3) is 0 Å². The number of carbonyl (C=O) groups is 1. The minimum atomic E-state index is -0.0641. The van der Waals surface area contributed by atoms with Crippen molar-refractivity contribution in [2.24, 2.45) is 0 Å². The molecule has 17 heavy (non-hydrogen) atoms. The third-order valence-corrected chi connectivity index (χ3v) is 3.20. The third-order valence-electron chi connectivity index (χ3n) is 2.43. The van der Waals surface area contributed by atoms with Gasteiger partial charge in [0.1, 0.15) is 0 Å². The van der Waals surface area contributed by atoms with Crippen LogP contribution in [0.15, 0.2) is 47.1 Å². The molecule has 0 radical (unpaired) electrons. The molecule has 0 unspecified atom stereocenters. The Balaban J connectivity index is 2.92. The van der Waals surface area contributed by atoms with Gasteiger partial charge in [-0.05, 0) is 25.5 Å². The molecular weight excluding hydrogens is 278 g/mol. The second-order valence-corrected chi connectivity index (χ2v) is 4.85. The summed E-state index contributed by atoms with van der Waals surface area (Å²) in [6.45, 7) is 7.99. The molecule has 0 heterocycles. The molecule has 0 aliphatic rings. The van der Waals surface area contributed by atoms with Crippen LogP contribution in [-0.4, -0.2) is 16.8 Å². The van der Waals surface area contributed by atoms with E-state index in [2.05, 4.69) is 28.2 Å². The normalized spacial score (nSPS) is 9.88. The van der Waals surface area contributed by atoms with Crippen molar-refractivity contribution in [2.75, 3.05) is 0 Å². The standard InChI is InChI=1S/C14H16BrNO/c1-4-7-14(17)16(11(2)3)10-12-8-5-6-9-13(12)15/h5-9,11H,1,10H2,2-3H3. The first-order valence-electron chi connectivity index (χ1n) is 5.46. The van der Waals surface area contributed by atoms with E-state index < -0.39 is 0 Å². The fourth-order valence-corrected chi connectivity index (χ4v) is 1.91. The maximum Gasteiger partial charge on any atom is 0.254 e. The maximum absolute atomic E-state index is 11.9. The predicted molar refractivity (Wildman–Crippen MR) is 73.5 cm³/mol. The molecule has 1 aromatic rings. The van der Waals surface area contributed by atoms with E-state index in [1.165, 1.54) is 6.08 Å². The Morgan fingerprint density at radius 1 is 1.53 bits per heavy atom. The summed E-state index contributed by atoms with van der Waals surface area (Å²) in [5.74, 6) is -0.0641. The molecular formula is C14H16BrNO. The van der Waals surface area contributed by atoms with Gasteiger partial charge in [0.25, 0.3) is 5.91 Å². The Morgan fingerprint density at radius 2 is 2.18 bits per heavy atom. The number of hydrogen-bond donors (Lipinski definition) is 0. The molecule has 1 aromatic carbocycles. The molecule has 0 aromatic heterocycles. The summed E-state index contributed by atoms with van der Waals surface area (Å²) >= 11 is 3.49. The monoisotopic (exact) mass is 293 g/mol. The van der Waals surface area contributed by atoms with Gasteiger partial charge in [-0.3, -0.25) is 4.79 Å². The highest BCUT2D eigenvalue weighted by molar-refractivity contribution is 9.10. The van der Waals surface area contributed by atoms with Crippen LogP contribution >= 0.6 is 15.9 Å². The number of halogens is 1. The summed E-state index contributed by atoms with van der Waals surface area (Å²) in [5.41, 5.74) is 3.62. The topological polar surface area (TPSA) is 20.3 Å². The van der Waals surface area contributed by atoms with Gasteiger partial charge in [0, 0.05) is 23.1 Å². The van der Waals surface area contributed by atoms with E-state index >= 15 is 0 Å². The lowest BCUT2D eigenvalue weighted by molar-refractivity contribution is -0.128. The van der Waals surface area contributed by atoms with Crippen LogP contribution in [-0.2, 0) is 11.3 Å². The molecule has 0 aliphatic heterocycles. The number of carbonyl (C=O) groups excluding carboxylic acids is 1. The number of hydrogen-bond acceptors (Lipinski definition) is 1. The van der Waals surface area contributed by atoms with Crippen molar-refractivity contribution in [3.05, 3.63) is 52.7 Å². The van der Waals surface area contributed by atoms with Crippen molar-refractivity contribution >= 4 is 21.8 Å². The molecule has 1 rings (SSSR count). The lowest BCUT2D eigenvalue weighted by Crippen LogP contribution is -2.35. The highest BCUT2D eigenvalue weighted by Gasteiger charge is 2.15. The molecule has 90 valence electrons. The van der Waals surface area contributed by atoms with Crippen molar-refractivity contribution in [1.82, 2.24) is 4.90 Å². The lowest BCUT2D eigenvalue weighted by Gasteiger charge is -2.25. The van der Waals surface area contributed by atoms with Gasteiger partial charge in [-0.15, -0.1) is 5.73 Å². The smallest absolute Gasteiger partial charge is 0.254 e. The molecule has 0 N–H and O–H groups in total. The molecule has 0 spiro atoms. The molecule has 0 aliphatic carbocycles. The first-order chi connectivity index (χ1) is 8.06. The highest BCUT2D eigenvalue weighted by atomic mass is 79.9. The SMILES string of the molecule is C=C=CC(=O)N(Cc1ccccc1Br)C(C)C. The number of benzene rings is 1. The Morgan fingerprint density at radius 3 is 2.71 bits per heavy atom. The predicted octanol–water partition coefficient (Wildman–Crippen LogP) is 3.53. The fourth-order valence-electron chi connectivity index (χ4n) is 1.50. The minimum absolute atomic E-state index is 0.0641. The van der Waals surface area contributed by atoms with Crippen LogP contribution in [0.4, 0.5) is 0 Å². The lowest BCUT2D eigenvalue weighted by atomic mass is 10.2. The summed E-state index contributed by atoms with van der Waals surface area (Å²) < 4.78 is 1.01. The zero-order valence-corrected chi connectivity index (χ0v) is 11.7. The average Bonchev–Trinajstić information content (AvgIpc) is 2.27. The van der Waals surface area contributed by atoms with Gasteiger partial charge >= 0.3 is 0 Å². The van der Waals surface area contributed by atoms with E-state index in [1.807, 2.05) is 38.1 Å². The van der Waals surface area contributed by atoms with E-state index in [9.17, 15) is 4.79 Å². The molecule has 0 atom stereocenters. The number of amides is 1. The van der Waals surface area contributed by atoms with Crippen molar-refractivity contribution in [2.45, 2.75) is 26.4 Å². The van der Waals surface area contributed by atoms with Crippen LogP contribution in [0.3, 0.4) is 0 Å². The average molecular weight is 294 g/mol. The van der Waals surface area contributed by atoms with Crippen LogP contribution in [0.1, 0.15) is 19.4 Å². The van der Waals surface area contributed by atoms with E-state index in [1.54, 1.807) is 4.90 Å². The molecule has 0 saturated heterocycles. The van der Waals surface area contributed by atoms with Crippen LogP contribution < -0.4 is 0 Å². The zero-order valence-electron chi connectivity index (χ0n) is 10.1. The minimum Gasteiger partial charge on any atom is -0.332 e. The van der Waals surface area contributed by atoms with Crippen LogP contribution in [0.2, 0.25) is 0 Å². The summed E-state index contributed by atoms with van der Waals surface area (Å²) in [6.07, 6.45) is 1.37. The quantitative estimate of drug-likeness (QED) is 0.614. The molecule has 0 fully saturated rings.